The molecule has 2 N–H and O–H groups in total. The minimum absolute atomic E-state index is 0.175. The number of aliphatic imine (C=N–C) groups is 1. The van der Waals surface area contributed by atoms with E-state index >= 15 is 0 Å². The van der Waals surface area contributed by atoms with Gasteiger partial charge in [-0.25, -0.2) is 14.4 Å². The number of thiazole rings is 1. The molecule has 0 saturated carbocycles. The molecule has 0 aliphatic heterocycles. The number of aryl methyl sites for hydroxylation is 2. The summed E-state index contributed by atoms with van der Waals surface area (Å²) >= 11 is 1.70. The Hall–Kier alpha value is -1.99. The van der Waals surface area contributed by atoms with Crippen molar-refractivity contribution in [3.05, 3.63) is 50.7 Å². The smallest absolute Gasteiger partial charge is 0.191 e. The molecule has 1 aromatic carbocycles. The summed E-state index contributed by atoms with van der Waals surface area (Å²) in [5, 5.41) is 7.59. The summed E-state index contributed by atoms with van der Waals surface area (Å²) in [6.07, 6.45) is 0. The van der Waals surface area contributed by atoms with Crippen LogP contribution in [0.15, 0.2) is 23.2 Å². The summed E-state index contributed by atoms with van der Waals surface area (Å²) in [7, 11) is 3.86. The third kappa shape index (κ3) is 6.07. The Kier molecular flexibility index (Phi) is 7.53. The lowest BCUT2D eigenvalue weighted by atomic mass is 10.1. The Morgan fingerprint density at radius 3 is 2.65 bits per heavy atom. The summed E-state index contributed by atoms with van der Waals surface area (Å²) in [4.78, 5) is 12.3. The van der Waals surface area contributed by atoms with Gasteiger partial charge in [0.2, 0.25) is 0 Å². The maximum Gasteiger partial charge on any atom is 0.191 e. The summed E-state index contributed by atoms with van der Waals surface area (Å²) in [5.74, 6) is 0.558. The van der Waals surface area contributed by atoms with Crippen LogP contribution in [0, 0.1) is 19.7 Å². The number of halogens is 1. The van der Waals surface area contributed by atoms with Crippen molar-refractivity contribution in [2.75, 3.05) is 20.6 Å². The van der Waals surface area contributed by atoms with Gasteiger partial charge >= 0.3 is 0 Å². The van der Waals surface area contributed by atoms with Crippen LogP contribution in [0.2, 0.25) is 0 Å². The second-order valence-corrected chi connectivity index (χ2v) is 7.75. The monoisotopic (exact) mass is 377 g/mol. The Bertz CT molecular complexity index is 735. The first kappa shape index (κ1) is 20.3. The molecule has 0 aliphatic carbocycles. The highest BCUT2D eigenvalue weighted by molar-refractivity contribution is 7.11. The molecular formula is C19H28FN5S. The van der Waals surface area contributed by atoms with Crippen molar-refractivity contribution >= 4 is 17.3 Å². The molecule has 7 heteroatoms. The highest BCUT2D eigenvalue weighted by Crippen LogP contribution is 2.16. The lowest BCUT2D eigenvalue weighted by Crippen LogP contribution is -2.36. The topological polar surface area (TPSA) is 52.6 Å². The number of benzene rings is 1. The minimum atomic E-state index is -0.175. The molecule has 0 amide bonds. The van der Waals surface area contributed by atoms with E-state index in [4.69, 9.17) is 0 Å². The molecule has 0 unspecified atom stereocenters. The Morgan fingerprint density at radius 1 is 1.27 bits per heavy atom. The molecule has 26 heavy (non-hydrogen) atoms. The quantitative estimate of drug-likeness (QED) is 0.575. The summed E-state index contributed by atoms with van der Waals surface area (Å²) in [5.41, 5.74) is 2.75. The minimum Gasteiger partial charge on any atom is -0.357 e. The van der Waals surface area contributed by atoms with Crippen molar-refractivity contribution in [1.82, 2.24) is 20.5 Å². The highest BCUT2D eigenvalue weighted by Gasteiger charge is 2.07. The predicted octanol–water partition coefficient (Wildman–Crippen LogP) is 3.22. The number of aromatic nitrogens is 1. The van der Waals surface area contributed by atoms with Crippen molar-refractivity contribution in [3.63, 3.8) is 0 Å². The zero-order chi connectivity index (χ0) is 19.1. The summed E-state index contributed by atoms with van der Waals surface area (Å²) in [6, 6.07) is 5.19. The van der Waals surface area contributed by atoms with Crippen LogP contribution in [0.3, 0.4) is 0 Å². The second-order valence-electron chi connectivity index (χ2n) is 6.46. The van der Waals surface area contributed by atoms with E-state index in [-0.39, 0.29) is 5.82 Å². The van der Waals surface area contributed by atoms with E-state index < -0.39 is 0 Å². The van der Waals surface area contributed by atoms with Crippen molar-refractivity contribution < 1.29 is 4.39 Å². The van der Waals surface area contributed by atoms with Gasteiger partial charge in [0.05, 0.1) is 18.8 Å². The molecule has 0 bridgehead atoms. The van der Waals surface area contributed by atoms with Crippen LogP contribution in [0.25, 0.3) is 0 Å². The SMILES string of the molecule is CCNC(=NCc1ccc(F)c(CN(C)C)c1)NCc1nc(C)c(C)s1. The Morgan fingerprint density at radius 2 is 2.04 bits per heavy atom. The lowest BCUT2D eigenvalue weighted by Gasteiger charge is -2.12. The Balaban J connectivity index is 2.03. The standard InChI is InChI=1S/C19H28FN5S/c1-6-21-19(23-11-18-24-13(2)14(3)26-18)22-10-15-7-8-17(20)16(9-15)12-25(4)5/h7-9H,6,10-12H2,1-5H3,(H2,21,22,23). The van der Waals surface area contributed by atoms with Crippen LogP contribution in [0.4, 0.5) is 4.39 Å². The second kappa shape index (κ2) is 9.64. The van der Waals surface area contributed by atoms with Gasteiger partial charge in [-0.2, -0.15) is 0 Å². The van der Waals surface area contributed by atoms with E-state index in [9.17, 15) is 4.39 Å². The number of rotatable bonds is 7. The van der Waals surface area contributed by atoms with E-state index in [1.54, 1.807) is 17.4 Å². The fraction of sp³-hybridized carbons (Fsp3) is 0.474. The van der Waals surface area contributed by atoms with Crippen LogP contribution >= 0.6 is 11.3 Å². The van der Waals surface area contributed by atoms with Gasteiger partial charge in [-0.05, 0) is 52.6 Å². The normalized spacial score (nSPS) is 11.9. The summed E-state index contributed by atoms with van der Waals surface area (Å²) in [6.45, 7) is 8.61. The fourth-order valence-corrected chi connectivity index (χ4v) is 3.35. The first-order chi connectivity index (χ1) is 12.4. The van der Waals surface area contributed by atoms with Gasteiger partial charge < -0.3 is 15.5 Å². The van der Waals surface area contributed by atoms with Crippen molar-refractivity contribution in [2.45, 2.75) is 40.4 Å². The number of hydrogen-bond acceptors (Lipinski definition) is 4. The van der Waals surface area contributed by atoms with Gasteiger partial charge in [0.25, 0.3) is 0 Å². The third-order valence-electron chi connectivity index (χ3n) is 3.84. The molecule has 2 aromatic rings. The molecule has 1 aromatic heterocycles. The van der Waals surface area contributed by atoms with Crippen molar-refractivity contribution in [1.29, 1.82) is 0 Å². The molecule has 0 fully saturated rings. The van der Waals surface area contributed by atoms with Gasteiger partial charge in [0.15, 0.2) is 5.96 Å². The van der Waals surface area contributed by atoms with Gasteiger partial charge in [0, 0.05) is 23.5 Å². The van der Waals surface area contributed by atoms with Crippen LogP contribution < -0.4 is 10.6 Å². The molecule has 2 rings (SSSR count). The third-order valence-corrected chi connectivity index (χ3v) is 4.91. The van der Waals surface area contributed by atoms with E-state index in [1.165, 1.54) is 10.9 Å². The maximum absolute atomic E-state index is 13.9. The predicted molar refractivity (Wildman–Crippen MR) is 107 cm³/mol. The average Bonchev–Trinajstić information content (AvgIpc) is 2.90. The summed E-state index contributed by atoms with van der Waals surface area (Å²) < 4.78 is 13.9. The van der Waals surface area contributed by atoms with Crippen LogP contribution in [-0.4, -0.2) is 36.5 Å². The Labute approximate surface area is 159 Å². The first-order valence-electron chi connectivity index (χ1n) is 8.76. The maximum atomic E-state index is 13.9. The number of hydrogen-bond donors (Lipinski definition) is 2. The van der Waals surface area contributed by atoms with Gasteiger partial charge in [-0.3, -0.25) is 0 Å². The molecule has 0 radical (unpaired) electrons. The molecular weight excluding hydrogens is 349 g/mol. The average molecular weight is 378 g/mol. The molecule has 0 atom stereocenters. The van der Waals surface area contributed by atoms with Gasteiger partial charge in [-0.1, -0.05) is 6.07 Å². The number of nitrogens with zero attached hydrogens (tertiary/aromatic N) is 3. The first-order valence-corrected chi connectivity index (χ1v) is 9.57. The number of nitrogens with one attached hydrogen (secondary N) is 2. The van der Waals surface area contributed by atoms with E-state index in [1.807, 2.05) is 38.9 Å². The van der Waals surface area contributed by atoms with Gasteiger partial charge in [0.1, 0.15) is 10.8 Å². The zero-order valence-electron chi connectivity index (χ0n) is 16.2. The number of guanidine groups is 1. The van der Waals surface area contributed by atoms with Crippen LogP contribution in [0.1, 0.15) is 33.6 Å². The zero-order valence-corrected chi connectivity index (χ0v) is 17.0. The van der Waals surface area contributed by atoms with Crippen LogP contribution in [-0.2, 0) is 19.6 Å². The molecule has 0 aliphatic rings. The molecule has 0 saturated heterocycles. The van der Waals surface area contributed by atoms with Crippen molar-refractivity contribution in [2.24, 2.45) is 4.99 Å². The molecule has 142 valence electrons. The van der Waals surface area contributed by atoms with Gasteiger partial charge in [-0.15, -0.1) is 11.3 Å². The van der Waals surface area contributed by atoms with E-state index in [2.05, 4.69) is 27.5 Å². The van der Waals surface area contributed by atoms with Crippen LogP contribution in [0.5, 0.6) is 0 Å². The highest BCUT2D eigenvalue weighted by atomic mass is 32.1. The van der Waals surface area contributed by atoms with E-state index in [0.29, 0.717) is 25.2 Å². The molecule has 5 nitrogen and oxygen atoms in total. The van der Waals surface area contributed by atoms with Crippen molar-refractivity contribution in [3.8, 4) is 0 Å². The largest absolute Gasteiger partial charge is 0.357 e. The fourth-order valence-electron chi connectivity index (χ4n) is 2.47. The van der Waals surface area contributed by atoms with E-state index in [0.717, 1.165) is 28.8 Å². The molecule has 0 spiro atoms. The molecule has 1 heterocycles. The lowest BCUT2D eigenvalue weighted by molar-refractivity contribution is 0.392.